The van der Waals surface area contributed by atoms with E-state index in [0.29, 0.717) is 23.2 Å². The van der Waals surface area contributed by atoms with Gasteiger partial charge in [-0.15, -0.1) is 0 Å². The fourth-order valence-electron chi connectivity index (χ4n) is 2.49. The van der Waals surface area contributed by atoms with E-state index < -0.39 is 0 Å². The van der Waals surface area contributed by atoms with Gasteiger partial charge in [-0.1, -0.05) is 28.9 Å². The molecule has 6 heteroatoms. The summed E-state index contributed by atoms with van der Waals surface area (Å²) in [5.41, 5.74) is 3.96. The minimum atomic E-state index is 0.576. The maximum Gasteiger partial charge on any atom is 0.231 e. The van der Waals surface area contributed by atoms with Crippen molar-refractivity contribution in [2.24, 2.45) is 7.05 Å². The zero-order chi connectivity index (χ0) is 15.8. The van der Waals surface area contributed by atoms with Crippen LogP contribution in [0.2, 0.25) is 5.02 Å². The Hall–Kier alpha value is -2.66. The Labute approximate surface area is 137 Å². The Bertz CT molecular complexity index is 972. The van der Waals surface area contributed by atoms with Crippen molar-refractivity contribution in [3.05, 3.63) is 65.3 Å². The Balaban J connectivity index is 1.63. The standard InChI is InChI=1S/C17H13ClN4O/c1-22-10-19-14-7-4-12(9-15(14)22)17-20-16(23-21-17)8-11-2-5-13(18)6-3-11/h2-7,9-10H,8H2,1H3. The molecule has 0 atom stereocenters. The molecule has 114 valence electrons. The van der Waals surface area contributed by atoms with E-state index in [1.165, 1.54) is 0 Å². The molecule has 0 fully saturated rings. The van der Waals surface area contributed by atoms with E-state index in [1.54, 1.807) is 6.33 Å². The summed E-state index contributed by atoms with van der Waals surface area (Å²) in [5, 5.41) is 4.79. The Morgan fingerprint density at radius 1 is 1.13 bits per heavy atom. The van der Waals surface area contributed by atoms with E-state index in [-0.39, 0.29) is 0 Å². The van der Waals surface area contributed by atoms with Crippen molar-refractivity contribution >= 4 is 22.6 Å². The van der Waals surface area contributed by atoms with Gasteiger partial charge in [0.15, 0.2) is 0 Å². The lowest BCUT2D eigenvalue weighted by atomic mass is 10.1. The van der Waals surface area contributed by atoms with E-state index in [2.05, 4.69) is 15.1 Å². The first kappa shape index (κ1) is 14.0. The molecule has 0 N–H and O–H groups in total. The molecule has 2 aromatic carbocycles. The van der Waals surface area contributed by atoms with Crippen LogP contribution in [0.4, 0.5) is 0 Å². The SMILES string of the molecule is Cn1cnc2ccc(-c3noc(Cc4ccc(Cl)cc4)n3)cc21. The first-order valence-corrected chi connectivity index (χ1v) is 7.55. The van der Waals surface area contributed by atoms with Crippen LogP contribution in [-0.4, -0.2) is 19.7 Å². The van der Waals surface area contributed by atoms with Crippen LogP contribution in [-0.2, 0) is 13.5 Å². The van der Waals surface area contributed by atoms with Crippen LogP contribution in [0.25, 0.3) is 22.4 Å². The van der Waals surface area contributed by atoms with Crippen molar-refractivity contribution in [2.45, 2.75) is 6.42 Å². The van der Waals surface area contributed by atoms with E-state index in [1.807, 2.05) is 54.1 Å². The van der Waals surface area contributed by atoms with Gasteiger partial charge in [-0.05, 0) is 35.9 Å². The molecule has 0 saturated carbocycles. The second-order valence-electron chi connectivity index (χ2n) is 5.37. The third-order valence-electron chi connectivity index (χ3n) is 3.72. The van der Waals surface area contributed by atoms with Crippen LogP contribution in [0.1, 0.15) is 11.5 Å². The molecule has 0 radical (unpaired) electrons. The molecule has 4 aromatic rings. The van der Waals surface area contributed by atoms with Crippen molar-refractivity contribution in [3.63, 3.8) is 0 Å². The predicted octanol–water partition coefficient (Wildman–Crippen LogP) is 3.87. The van der Waals surface area contributed by atoms with E-state index in [9.17, 15) is 0 Å². The number of benzene rings is 2. The van der Waals surface area contributed by atoms with Crippen molar-refractivity contribution < 1.29 is 4.52 Å². The Morgan fingerprint density at radius 2 is 1.96 bits per heavy atom. The van der Waals surface area contributed by atoms with Crippen molar-refractivity contribution in [2.75, 3.05) is 0 Å². The Kier molecular flexibility index (Phi) is 3.35. The van der Waals surface area contributed by atoms with E-state index in [0.717, 1.165) is 22.2 Å². The summed E-state index contributed by atoms with van der Waals surface area (Å²) in [6.45, 7) is 0. The predicted molar refractivity (Wildman–Crippen MR) is 88.3 cm³/mol. The van der Waals surface area contributed by atoms with Gasteiger partial charge in [0.1, 0.15) is 0 Å². The summed E-state index contributed by atoms with van der Waals surface area (Å²) in [5.74, 6) is 1.16. The highest BCUT2D eigenvalue weighted by molar-refractivity contribution is 6.30. The van der Waals surface area contributed by atoms with Crippen LogP contribution >= 0.6 is 11.6 Å². The molecule has 4 rings (SSSR count). The highest BCUT2D eigenvalue weighted by Gasteiger charge is 2.11. The smallest absolute Gasteiger partial charge is 0.231 e. The summed E-state index contributed by atoms with van der Waals surface area (Å²) >= 11 is 5.89. The second-order valence-corrected chi connectivity index (χ2v) is 5.81. The third-order valence-corrected chi connectivity index (χ3v) is 3.97. The zero-order valence-corrected chi connectivity index (χ0v) is 13.2. The van der Waals surface area contributed by atoms with Gasteiger partial charge in [0.05, 0.1) is 23.8 Å². The number of halogens is 1. The molecule has 0 aliphatic heterocycles. The third kappa shape index (κ3) is 2.71. The summed E-state index contributed by atoms with van der Waals surface area (Å²) in [6.07, 6.45) is 2.37. The molecule has 0 bridgehead atoms. The first-order valence-electron chi connectivity index (χ1n) is 7.17. The van der Waals surface area contributed by atoms with E-state index in [4.69, 9.17) is 16.1 Å². The molecule has 0 saturated heterocycles. The number of nitrogens with zero attached hydrogens (tertiary/aromatic N) is 4. The summed E-state index contributed by atoms with van der Waals surface area (Å²) < 4.78 is 7.33. The second kappa shape index (κ2) is 5.52. The maximum absolute atomic E-state index is 5.89. The first-order chi connectivity index (χ1) is 11.2. The minimum absolute atomic E-state index is 0.576. The average molecular weight is 325 g/mol. The fourth-order valence-corrected chi connectivity index (χ4v) is 2.61. The maximum atomic E-state index is 5.89. The molecule has 0 aliphatic rings. The average Bonchev–Trinajstić information content (AvgIpc) is 3.17. The number of fused-ring (bicyclic) bond motifs is 1. The number of hydrogen-bond donors (Lipinski definition) is 0. The highest BCUT2D eigenvalue weighted by atomic mass is 35.5. The number of hydrogen-bond acceptors (Lipinski definition) is 4. The molecule has 0 aliphatic carbocycles. The van der Waals surface area contributed by atoms with Gasteiger partial charge in [0, 0.05) is 17.6 Å². The van der Waals surface area contributed by atoms with Crippen LogP contribution in [0.15, 0.2) is 53.3 Å². The van der Waals surface area contributed by atoms with Gasteiger partial charge >= 0.3 is 0 Å². The quantitative estimate of drug-likeness (QED) is 0.574. The number of rotatable bonds is 3. The molecule has 5 nitrogen and oxygen atoms in total. The summed E-state index contributed by atoms with van der Waals surface area (Å²) in [6, 6.07) is 13.5. The Morgan fingerprint density at radius 3 is 2.78 bits per heavy atom. The fraction of sp³-hybridized carbons (Fsp3) is 0.118. The monoisotopic (exact) mass is 324 g/mol. The normalized spacial score (nSPS) is 11.2. The van der Waals surface area contributed by atoms with Gasteiger partial charge in [-0.3, -0.25) is 0 Å². The number of imidazole rings is 1. The largest absolute Gasteiger partial charge is 0.339 e. The van der Waals surface area contributed by atoms with Crippen LogP contribution in [0.3, 0.4) is 0 Å². The number of aryl methyl sites for hydroxylation is 1. The van der Waals surface area contributed by atoms with Crippen LogP contribution < -0.4 is 0 Å². The lowest BCUT2D eigenvalue weighted by Crippen LogP contribution is -1.89. The van der Waals surface area contributed by atoms with Gasteiger partial charge in [0.2, 0.25) is 11.7 Å². The van der Waals surface area contributed by atoms with Gasteiger partial charge < -0.3 is 9.09 Å². The molecule has 23 heavy (non-hydrogen) atoms. The molecular formula is C17H13ClN4O. The van der Waals surface area contributed by atoms with Gasteiger partial charge in [-0.2, -0.15) is 4.98 Å². The minimum Gasteiger partial charge on any atom is -0.339 e. The molecule has 0 spiro atoms. The van der Waals surface area contributed by atoms with E-state index >= 15 is 0 Å². The number of aromatic nitrogens is 4. The van der Waals surface area contributed by atoms with Gasteiger partial charge in [-0.25, -0.2) is 4.98 Å². The van der Waals surface area contributed by atoms with Crippen molar-refractivity contribution in [1.82, 2.24) is 19.7 Å². The lowest BCUT2D eigenvalue weighted by molar-refractivity contribution is 0.385. The van der Waals surface area contributed by atoms with Crippen LogP contribution in [0, 0.1) is 0 Å². The lowest BCUT2D eigenvalue weighted by Gasteiger charge is -1.97. The topological polar surface area (TPSA) is 56.7 Å². The highest BCUT2D eigenvalue weighted by Crippen LogP contribution is 2.22. The molecule has 2 heterocycles. The molecular weight excluding hydrogens is 312 g/mol. The van der Waals surface area contributed by atoms with Crippen molar-refractivity contribution in [1.29, 1.82) is 0 Å². The molecule has 0 unspecified atom stereocenters. The summed E-state index contributed by atoms with van der Waals surface area (Å²) in [7, 11) is 1.96. The molecule has 2 aromatic heterocycles. The van der Waals surface area contributed by atoms with Crippen molar-refractivity contribution in [3.8, 4) is 11.4 Å². The zero-order valence-electron chi connectivity index (χ0n) is 12.4. The van der Waals surface area contributed by atoms with Crippen LogP contribution in [0.5, 0.6) is 0 Å². The van der Waals surface area contributed by atoms with Gasteiger partial charge in [0.25, 0.3) is 0 Å². The molecule has 0 amide bonds. The summed E-state index contributed by atoms with van der Waals surface area (Å²) in [4.78, 5) is 8.79.